The van der Waals surface area contributed by atoms with E-state index >= 15 is 0 Å². The number of nitrogens with one attached hydrogen (secondary N) is 2. The number of amides is 2. The van der Waals surface area contributed by atoms with Crippen LogP contribution >= 0.6 is 0 Å². The molecule has 10 heteroatoms. The highest BCUT2D eigenvalue weighted by atomic mass is 16.5. The highest BCUT2D eigenvalue weighted by Gasteiger charge is 2.31. The number of aryl methyl sites for hydroxylation is 1. The highest BCUT2D eigenvalue weighted by Crippen LogP contribution is 2.39. The van der Waals surface area contributed by atoms with Gasteiger partial charge in [0.1, 0.15) is 17.7 Å². The number of carbonyl (C=O) groups excluding carboxylic acids is 1. The van der Waals surface area contributed by atoms with Crippen LogP contribution in [-0.2, 0) is 18.0 Å². The molecule has 212 valence electrons. The standard InChI is InChI=1S/C30H40N8O2/c1-29(2,3)24-17-26(37(8)35-24)32-28(39)31-22-14-15-23(21-12-10-9-11-20(21)22)40-19-13-16-25-33-34-27(38(25)18-19)30(4,5)36(6)7/h9-13,16-18,22-23H,14-15H2,1-8H3,(H2,31,32,39)/t22-,23+/m0/s1. The van der Waals surface area contributed by atoms with Crippen molar-refractivity contribution in [3.05, 3.63) is 71.3 Å². The highest BCUT2D eigenvalue weighted by molar-refractivity contribution is 5.88. The van der Waals surface area contributed by atoms with Gasteiger partial charge in [0.15, 0.2) is 11.5 Å². The summed E-state index contributed by atoms with van der Waals surface area (Å²) in [5, 5.41) is 19.5. The van der Waals surface area contributed by atoms with E-state index in [2.05, 4.69) is 77.6 Å². The molecule has 4 aromatic rings. The van der Waals surface area contributed by atoms with Crippen LogP contribution in [0.1, 0.15) is 82.3 Å². The molecule has 2 atom stereocenters. The van der Waals surface area contributed by atoms with E-state index in [1.54, 1.807) is 4.68 Å². The lowest BCUT2D eigenvalue weighted by Gasteiger charge is -2.32. The number of anilines is 1. The number of fused-ring (bicyclic) bond motifs is 2. The Morgan fingerprint density at radius 2 is 1.75 bits per heavy atom. The first-order valence-electron chi connectivity index (χ1n) is 13.7. The maximum Gasteiger partial charge on any atom is 0.320 e. The second kappa shape index (κ2) is 10.2. The Morgan fingerprint density at radius 3 is 2.42 bits per heavy atom. The van der Waals surface area contributed by atoms with Gasteiger partial charge in [-0.1, -0.05) is 45.0 Å². The quantitative estimate of drug-likeness (QED) is 0.340. The summed E-state index contributed by atoms with van der Waals surface area (Å²) >= 11 is 0. The van der Waals surface area contributed by atoms with E-state index in [1.807, 2.05) is 62.1 Å². The Morgan fingerprint density at radius 1 is 1.02 bits per heavy atom. The fourth-order valence-corrected chi connectivity index (χ4v) is 5.01. The number of hydrogen-bond acceptors (Lipinski definition) is 6. The van der Waals surface area contributed by atoms with Crippen LogP contribution in [0.4, 0.5) is 10.6 Å². The third kappa shape index (κ3) is 5.28. The molecule has 40 heavy (non-hydrogen) atoms. The van der Waals surface area contributed by atoms with Gasteiger partial charge in [0.2, 0.25) is 0 Å². The van der Waals surface area contributed by atoms with Crippen molar-refractivity contribution in [1.82, 2.24) is 34.6 Å². The van der Waals surface area contributed by atoms with Crippen molar-refractivity contribution >= 4 is 17.5 Å². The molecule has 10 nitrogen and oxygen atoms in total. The third-order valence-electron chi connectivity index (χ3n) is 7.95. The van der Waals surface area contributed by atoms with Gasteiger partial charge in [-0.05, 0) is 64.0 Å². The van der Waals surface area contributed by atoms with Gasteiger partial charge in [-0.2, -0.15) is 5.10 Å². The molecule has 5 rings (SSSR count). The first-order chi connectivity index (χ1) is 18.8. The van der Waals surface area contributed by atoms with Crippen molar-refractivity contribution < 1.29 is 9.53 Å². The van der Waals surface area contributed by atoms with Crippen LogP contribution in [-0.4, -0.2) is 49.4 Å². The molecule has 1 aromatic carbocycles. The van der Waals surface area contributed by atoms with Crippen LogP contribution in [0.5, 0.6) is 5.75 Å². The van der Waals surface area contributed by atoms with E-state index in [0.717, 1.165) is 46.9 Å². The monoisotopic (exact) mass is 544 g/mol. The number of hydrogen-bond donors (Lipinski definition) is 2. The van der Waals surface area contributed by atoms with Crippen LogP contribution in [0.3, 0.4) is 0 Å². The zero-order valence-corrected chi connectivity index (χ0v) is 24.7. The van der Waals surface area contributed by atoms with Crippen LogP contribution in [0, 0.1) is 0 Å². The van der Waals surface area contributed by atoms with E-state index in [4.69, 9.17) is 4.74 Å². The minimum absolute atomic E-state index is 0.103. The Balaban J connectivity index is 1.33. The van der Waals surface area contributed by atoms with E-state index in [-0.39, 0.29) is 29.1 Å². The van der Waals surface area contributed by atoms with Gasteiger partial charge in [0.05, 0.1) is 23.5 Å². The number of pyridine rings is 1. The average Bonchev–Trinajstić information content (AvgIpc) is 3.49. The lowest BCUT2D eigenvalue weighted by atomic mass is 9.85. The average molecular weight is 545 g/mol. The predicted molar refractivity (Wildman–Crippen MR) is 156 cm³/mol. The molecule has 0 saturated heterocycles. The summed E-state index contributed by atoms with van der Waals surface area (Å²) in [6, 6.07) is 13.6. The molecule has 3 heterocycles. The molecule has 0 radical (unpaired) electrons. The van der Waals surface area contributed by atoms with E-state index in [0.29, 0.717) is 5.82 Å². The summed E-state index contributed by atoms with van der Waals surface area (Å²) < 4.78 is 10.3. The van der Waals surface area contributed by atoms with Crippen molar-refractivity contribution in [2.75, 3.05) is 19.4 Å². The Kier molecular flexibility index (Phi) is 7.08. The Bertz CT molecular complexity index is 1530. The van der Waals surface area contributed by atoms with Gasteiger partial charge in [-0.3, -0.25) is 19.3 Å². The summed E-state index contributed by atoms with van der Waals surface area (Å²) in [5.41, 5.74) is 3.43. The zero-order chi connectivity index (χ0) is 28.8. The summed E-state index contributed by atoms with van der Waals surface area (Å²) in [7, 11) is 5.90. The van der Waals surface area contributed by atoms with Crippen molar-refractivity contribution in [3.63, 3.8) is 0 Å². The predicted octanol–water partition coefficient (Wildman–Crippen LogP) is 5.33. The number of rotatable bonds is 6. The molecule has 3 aromatic heterocycles. The van der Waals surface area contributed by atoms with Crippen LogP contribution in [0.15, 0.2) is 48.7 Å². The normalized spacial score (nSPS) is 17.6. The molecule has 0 spiro atoms. The molecule has 1 aliphatic rings. The molecule has 2 amide bonds. The number of ether oxygens (including phenoxy) is 1. The number of carbonyl (C=O) groups is 1. The smallest absolute Gasteiger partial charge is 0.320 e. The first kappa shape index (κ1) is 27.6. The number of nitrogens with zero attached hydrogens (tertiary/aromatic N) is 6. The Hall–Kier alpha value is -3.92. The number of urea groups is 1. The van der Waals surface area contributed by atoms with Crippen molar-refractivity contribution in [3.8, 4) is 5.75 Å². The van der Waals surface area contributed by atoms with E-state index in [9.17, 15) is 4.79 Å². The van der Waals surface area contributed by atoms with E-state index < -0.39 is 0 Å². The number of benzene rings is 1. The van der Waals surface area contributed by atoms with Gasteiger partial charge in [-0.25, -0.2) is 4.79 Å². The molecule has 0 fully saturated rings. The lowest BCUT2D eigenvalue weighted by molar-refractivity contribution is 0.170. The van der Waals surface area contributed by atoms with E-state index in [1.165, 1.54) is 0 Å². The maximum atomic E-state index is 13.0. The minimum atomic E-state index is -0.307. The van der Waals surface area contributed by atoms with Crippen molar-refractivity contribution in [2.45, 2.75) is 70.6 Å². The molecule has 1 aliphatic carbocycles. The minimum Gasteiger partial charge on any atom is -0.484 e. The molecule has 0 unspecified atom stereocenters. The van der Waals surface area contributed by atoms with Gasteiger partial charge in [0.25, 0.3) is 0 Å². The van der Waals surface area contributed by atoms with Crippen LogP contribution in [0.25, 0.3) is 5.65 Å². The van der Waals surface area contributed by atoms with Crippen molar-refractivity contribution in [1.29, 1.82) is 0 Å². The van der Waals surface area contributed by atoms with Crippen molar-refractivity contribution in [2.24, 2.45) is 7.05 Å². The molecular weight excluding hydrogens is 504 g/mol. The first-order valence-corrected chi connectivity index (χ1v) is 13.7. The molecular formula is C30H40N8O2. The zero-order valence-electron chi connectivity index (χ0n) is 24.7. The molecule has 2 N–H and O–H groups in total. The molecule has 0 saturated carbocycles. The SMILES string of the molecule is CN(C)C(C)(C)c1nnc2ccc(O[C@@H]3CC[C@H](NC(=O)Nc4cc(C(C)(C)C)nn4C)c4ccccc43)cn12. The Labute approximate surface area is 235 Å². The van der Waals surface area contributed by atoms with Gasteiger partial charge >= 0.3 is 6.03 Å². The summed E-state index contributed by atoms with van der Waals surface area (Å²) in [5.74, 6) is 2.26. The largest absolute Gasteiger partial charge is 0.484 e. The van der Waals surface area contributed by atoms with Gasteiger partial charge in [0, 0.05) is 18.5 Å². The van der Waals surface area contributed by atoms with Crippen LogP contribution in [0.2, 0.25) is 0 Å². The summed E-state index contributed by atoms with van der Waals surface area (Å²) in [4.78, 5) is 15.1. The van der Waals surface area contributed by atoms with Crippen LogP contribution < -0.4 is 15.4 Å². The molecule has 0 aliphatic heterocycles. The third-order valence-corrected chi connectivity index (χ3v) is 7.95. The second-order valence-electron chi connectivity index (χ2n) is 12.3. The van der Waals surface area contributed by atoms with Gasteiger partial charge < -0.3 is 10.1 Å². The fraction of sp³-hybridized carbons (Fsp3) is 0.467. The lowest BCUT2D eigenvalue weighted by Crippen LogP contribution is -2.37. The maximum absolute atomic E-state index is 13.0. The fourth-order valence-electron chi connectivity index (χ4n) is 5.01. The molecule has 0 bridgehead atoms. The summed E-state index contributed by atoms with van der Waals surface area (Å²) in [6.45, 7) is 10.5. The second-order valence-corrected chi connectivity index (χ2v) is 12.3. The summed E-state index contributed by atoms with van der Waals surface area (Å²) in [6.07, 6.45) is 3.35. The number of aromatic nitrogens is 5. The van der Waals surface area contributed by atoms with Gasteiger partial charge in [-0.15, -0.1) is 10.2 Å². The topological polar surface area (TPSA) is 102 Å².